The fourth-order valence-electron chi connectivity index (χ4n) is 4.04. The number of ether oxygens (including phenoxy) is 1. The molecule has 150 valence electrons. The molecule has 0 radical (unpaired) electrons. The molecule has 6 nitrogen and oxygen atoms in total. The number of nitrogens with zero attached hydrogens (tertiary/aromatic N) is 2. The van der Waals surface area contributed by atoms with Crippen molar-refractivity contribution in [3.8, 4) is 0 Å². The van der Waals surface area contributed by atoms with Crippen LogP contribution in [0.2, 0.25) is 0 Å². The van der Waals surface area contributed by atoms with Crippen LogP contribution in [0.5, 0.6) is 0 Å². The van der Waals surface area contributed by atoms with Crippen molar-refractivity contribution < 1.29 is 13.2 Å². The maximum Gasteiger partial charge on any atom is 0.198 e. The van der Waals surface area contributed by atoms with Crippen molar-refractivity contribution in [1.82, 2.24) is 5.32 Å². The Morgan fingerprint density at radius 3 is 2.89 bits per heavy atom. The van der Waals surface area contributed by atoms with Crippen LogP contribution < -0.4 is 10.2 Å². The molecule has 0 saturated carbocycles. The summed E-state index contributed by atoms with van der Waals surface area (Å²) in [6.45, 7) is 3.05. The first-order valence-corrected chi connectivity index (χ1v) is 11.4. The molecule has 2 saturated heterocycles. The zero-order chi connectivity index (χ0) is 18.0. The molecule has 27 heavy (non-hydrogen) atoms. The predicted molar refractivity (Wildman–Crippen MR) is 119 cm³/mol. The van der Waals surface area contributed by atoms with Crippen LogP contribution in [0.25, 0.3) is 0 Å². The Hall–Kier alpha value is -0.870. The third kappa shape index (κ3) is 5.14. The van der Waals surface area contributed by atoms with Gasteiger partial charge in [0.15, 0.2) is 15.8 Å². The fourth-order valence-corrected chi connectivity index (χ4v) is 5.89. The van der Waals surface area contributed by atoms with E-state index < -0.39 is 9.84 Å². The van der Waals surface area contributed by atoms with Crippen LogP contribution in [-0.2, 0) is 21.0 Å². The fraction of sp³-hybridized carbons (Fsp3) is 0.632. The van der Waals surface area contributed by atoms with Crippen LogP contribution in [0.1, 0.15) is 24.8 Å². The normalized spacial score (nSPS) is 26.7. The average Bonchev–Trinajstić information content (AvgIpc) is 3.35. The van der Waals surface area contributed by atoms with E-state index in [-0.39, 0.29) is 41.8 Å². The first-order valence-electron chi connectivity index (χ1n) is 9.56. The van der Waals surface area contributed by atoms with Gasteiger partial charge in [0, 0.05) is 31.9 Å². The number of hydrogen-bond donors (Lipinski definition) is 1. The lowest BCUT2D eigenvalue weighted by Crippen LogP contribution is -2.44. The van der Waals surface area contributed by atoms with Gasteiger partial charge < -0.3 is 15.0 Å². The minimum atomic E-state index is -2.86. The molecule has 1 aromatic carbocycles. The standard InChI is InChI=1S/C19H27N3O3S.HI/c23-26(24)11-8-15(14-26)12-20-19(21-13-17-5-3-10-25-17)22-9-7-16-4-1-2-6-18(16)22;/h1-2,4,6,15,17H,3,5,7-14H2,(H,20,21);1H. The van der Waals surface area contributed by atoms with Crippen LogP contribution in [-0.4, -0.2) is 58.2 Å². The molecule has 0 amide bonds. The number of hydrogen-bond acceptors (Lipinski definition) is 4. The number of sulfone groups is 1. The molecule has 2 atom stereocenters. The van der Waals surface area contributed by atoms with Gasteiger partial charge in [-0.05, 0) is 43.2 Å². The highest BCUT2D eigenvalue weighted by molar-refractivity contribution is 14.0. The number of anilines is 1. The van der Waals surface area contributed by atoms with E-state index in [4.69, 9.17) is 9.73 Å². The average molecular weight is 505 g/mol. The molecule has 8 heteroatoms. The van der Waals surface area contributed by atoms with Crippen molar-refractivity contribution in [1.29, 1.82) is 0 Å². The lowest BCUT2D eigenvalue weighted by Gasteiger charge is -2.24. The van der Waals surface area contributed by atoms with Gasteiger partial charge in [-0.15, -0.1) is 24.0 Å². The van der Waals surface area contributed by atoms with E-state index in [1.807, 2.05) is 0 Å². The first kappa shape index (κ1) is 20.9. The third-order valence-electron chi connectivity index (χ3n) is 5.48. The highest BCUT2D eigenvalue weighted by Crippen LogP contribution is 2.28. The van der Waals surface area contributed by atoms with Gasteiger partial charge in [-0.25, -0.2) is 8.42 Å². The zero-order valence-electron chi connectivity index (χ0n) is 15.5. The first-order chi connectivity index (χ1) is 12.6. The summed E-state index contributed by atoms with van der Waals surface area (Å²) in [4.78, 5) is 7.05. The smallest absolute Gasteiger partial charge is 0.198 e. The van der Waals surface area contributed by atoms with Crippen LogP contribution in [0, 0.1) is 5.92 Å². The van der Waals surface area contributed by atoms with Gasteiger partial charge in [-0.2, -0.15) is 0 Å². The molecule has 3 aliphatic heterocycles. The molecule has 4 rings (SSSR count). The van der Waals surface area contributed by atoms with E-state index in [1.54, 1.807) is 0 Å². The van der Waals surface area contributed by atoms with Crippen LogP contribution in [0.4, 0.5) is 5.69 Å². The summed E-state index contributed by atoms with van der Waals surface area (Å²) in [6.07, 6.45) is 4.17. The number of para-hydroxylation sites is 1. The molecule has 3 heterocycles. The van der Waals surface area contributed by atoms with Crippen molar-refractivity contribution in [2.45, 2.75) is 31.8 Å². The van der Waals surface area contributed by atoms with E-state index in [0.29, 0.717) is 12.3 Å². The topological polar surface area (TPSA) is 71.0 Å². The minimum absolute atomic E-state index is 0. The molecular weight excluding hydrogens is 477 g/mol. The van der Waals surface area contributed by atoms with Gasteiger partial charge in [0.25, 0.3) is 0 Å². The lowest BCUT2D eigenvalue weighted by atomic mass is 10.1. The number of benzene rings is 1. The van der Waals surface area contributed by atoms with Gasteiger partial charge >= 0.3 is 0 Å². The highest BCUT2D eigenvalue weighted by atomic mass is 127. The van der Waals surface area contributed by atoms with Gasteiger partial charge in [0.2, 0.25) is 0 Å². The minimum Gasteiger partial charge on any atom is -0.376 e. The Morgan fingerprint density at radius 2 is 2.15 bits per heavy atom. The molecule has 0 aliphatic carbocycles. The van der Waals surface area contributed by atoms with E-state index in [1.165, 1.54) is 11.3 Å². The Morgan fingerprint density at radius 1 is 1.30 bits per heavy atom. The van der Waals surface area contributed by atoms with Crippen molar-refractivity contribution in [2.24, 2.45) is 10.9 Å². The number of halogens is 1. The lowest BCUT2D eigenvalue weighted by molar-refractivity contribution is 0.114. The molecule has 1 N–H and O–H groups in total. The van der Waals surface area contributed by atoms with E-state index in [2.05, 4.69) is 34.5 Å². The number of fused-ring (bicyclic) bond motifs is 1. The third-order valence-corrected chi connectivity index (χ3v) is 7.32. The molecular formula is C19H28IN3O3S. The predicted octanol–water partition coefficient (Wildman–Crippen LogP) is 2.23. The summed E-state index contributed by atoms with van der Waals surface area (Å²) in [5.74, 6) is 1.57. The molecule has 0 spiro atoms. The summed E-state index contributed by atoms with van der Waals surface area (Å²) in [7, 11) is -2.86. The largest absolute Gasteiger partial charge is 0.376 e. The van der Waals surface area contributed by atoms with Crippen LogP contribution in [0.3, 0.4) is 0 Å². The summed E-state index contributed by atoms with van der Waals surface area (Å²) in [5, 5.41) is 3.49. The molecule has 2 fully saturated rings. The summed E-state index contributed by atoms with van der Waals surface area (Å²) < 4.78 is 29.2. The second kappa shape index (κ2) is 9.09. The SMILES string of the molecule is I.O=S1(=O)CCC(CN=C(NCC2CCCO2)N2CCc3ccccc32)C1. The van der Waals surface area contributed by atoms with Crippen LogP contribution in [0.15, 0.2) is 29.3 Å². The van der Waals surface area contributed by atoms with Crippen molar-refractivity contribution in [3.63, 3.8) is 0 Å². The summed E-state index contributed by atoms with van der Waals surface area (Å²) in [6, 6.07) is 8.42. The molecule has 2 unspecified atom stereocenters. The zero-order valence-corrected chi connectivity index (χ0v) is 18.6. The quantitative estimate of drug-likeness (QED) is 0.386. The summed E-state index contributed by atoms with van der Waals surface area (Å²) >= 11 is 0. The van der Waals surface area contributed by atoms with E-state index >= 15 is 0 Å². The van der Waals surface area contributed by atoms with E-state index in [9.17, 15) is 8.42 Å². The Kier molecular flexibility index (Phi) is 7.02. The molecule has 1 aromatic rings. The van der Waals surface area contributed by atoms with Crippen molar-refractivity contribution in [2.75, 3.05) is 42.6 Å². The second-order valence-electron chi connectivity index (χ2n) is 7.48. The Balaban J connectivity index is 0.00000210. The van der Waals surface area contributed by atoms with E-state index in [0.717, 1.165) is 51.3 Å². The highest BCUT2D eigenvalue weighted by Gasteiger charge is 2.29. The van der Waals surface area contributed by atoms with Gasteiger partial charge in [0.05, 0.1) is 17.6 Å². The number of nitrogens with one attached hydrogen (secondary N) is 1. The van der Waals surface area contributed by atoms with Crippen molar-refractivity contribution >= 4 is 45.5 Å². The number of rotatable bonds is 4. The van der Waals surface area contributed by atoms with Gasteiger partial charge in [-0.1, -0.05) is 18.2 Å². The monoisotopic (exact) mass is 505 g/mol. The Bertz CT molecular complexity index is 778. The number of guanidine groups is 1. The molecule has 0 bridgehead atoms. The molecule has 3 aliphatic rings. The van der Waals surface area contributed by atoms with Gasteiger partial charge in [0.1, 0.15) is 0 Å². The number of aliphatic imine (C=N–C) groups is 1. The Labute approximate surface area is 178 Å². The van der Waals surface area contributed by atoms with Crippen molar-refractivity contribution in [3.05, 3.63) is 29.8 Å². The molecule has 0 aromatic heterocycles. The van der Waals surface area contributed by atoms with Crippen LogP contribution >= 0.6 is 24.0 Å². The second-order valence-corrected chi connectivity index (χ2v) is 9.71. The summed E-state index contributed by atoms with van der Waals surface area (Å²) in [5.41, 5.74) is 2.53. The maximum absolute atomic E-state index is 11.7. The maximum atomic E-state index is 11.7. The van der Waals surface area contributed by atoms with Gasteiger partial charge in [-0.3, -0.25) is 4.99 Å².